The molecule has 1 N–H and O–H groups in total. The highest BCUT2D eigenvalue weighted by molar-refractivity contribution is 5.85. The summed E-state index contributed by atoms with van der Waals surface area (Å²) >= 11 is 0. The highest BCUT2D eigenvalue weighted by atomic mass is 35.5. The van der Waals surface area contributed by atoms with Crippen molar-refractivity contribution in [2.24, 2.45) is 0 Å². The van der Waals surface area contributed by atoms with Crippen molar-refractivity contribution in [3.8, 4) is 11.5 Å². The molecule has 0 bridgehead atoms. The van der Waals surface area contributed by atoms with Crippen molar-refractivity contribution in [2.75, 3.05) is 26.3 Å². The van der Waals surface area contributed by atoms with Crippen LogP contribution in [-0.4, -0.2) is 26.3 Å². The number of hydrogen-bond acceptors (Lipinski definition) is 3. The first kappa shape index (κ1) is 17.8. The number of hydrogen-bond donors (Lipinski definition) is 1. The molecule has 4 heteroatoms. The molecule has 0 amide bonds. The molecular weight excluding hydrogens is 262 g/mol. The van der Waals surface area contributed by atoms with E-state index in [2.05, 4.69) is 18.8 Å². The number of nitrogens with one attached hydrogen (secondary N) is 1. The maximum Gasteiger partial charge on any atom is 0.161 e. The van der Waals surface area contributed by atoms with Crippen LogP contribution in [0.15, 0.2) is 36.9 Å². The maximum absolute atomic E-state index is 5.69. The fourth-order valence-electron chi connectivity index (χ4n) is 1.45. The van der Waals surface area contributed by atoms with Crippen LogP contribution in [0, 0.1) is 0 Å². The number of benzene rings is 1. The van der Waals surface area contributed by atoms with E-state index in [-0.39, 0.29) is 12.4 Å². The Morgan fingerprint density at radius 1 is 1.16 bits per heavy atom. The molecule has 0 aliphatic heterocycles. The summed E-state index contributed by atoms with van der Waals surface area (Å²) in [4.78, 5) is 0. The lowest BCUT2D eigenvalue weighted by Gasteiger charge is -2.12. The van der Waals surface area contributed by atoms with Crippen LogP contribution in [0.1, 0.15) is 19.8 Å². The minimum atomic E-state index is 0. The summed E-state index contributed by atoms with van der Waals surface area (Å²) in [5.41, 5.74) is 0. The molecular formula is C15H24ClNO2. The van der Waals surface area contributed by atoms with Gasteiger partial charge in [-0.15, -0.1) is 19.0 Å². The van der Waals surface area contributed by atoms with Gasteiger partial charge in [-0.1, -0.05) is 31.6 Å². The number of unbranched alkanes of at least 4 members (excludes halogenated alkanes) is 1. The lowest BCUT2D eigenvalue weighted by molar-refractivity contribution is 0.265. The third-order valence-electron chi connectivity index (χ3n) is 2.43. The van der Waals surface area contributed by atoms with E-state index >= 15 is 0 Å². The van der Waals surface area contributed by atoms with Crippen LogP contribution in [0.4, 0.5) is 0 Å². The van der Waals surface area contributed by atoms with E-state index in [1.807, 2.05) is 30.3 Å². The number of halogens is 1. The highest BCUT2D eigenvalue weighted by Crippen LogP contribution is 2.26. The van der Waals surface area contributed by atoms with E-state index in [4.69, 9.17) is 9.47 Å². The predicted octanol–water partition coefficient (Wildman–Crippen LogP) is 3.44. The van der Waals surface area contributed by atoms with Crippen LogP contribution >= 0.6 is 12.4 Å². The zero-order valence-electron chi connectivity index (χ0n) is 11.6. The van der Waals surface area contributed by atoms with E-state index in [9.17, 15) is 0 Å². The standard InChI is InChI=1S/C15H23NO2.ClH/c1-3-5-12-17-14-8-6-7-9-15(14)18-13-11-16-10-4-2;/h4,6-9,16H,2-3,5,10-13H2,1H3;1H. The van der Waals surface area contributed by atoms with Crippen LogP contribution in [0.25, 0.3) is 0 Å². The number of para-hydroxylation sites is 2. The number of ether oxygens (including phenoxy) is 2. The first-order valence-corrected chi connectivity index (χ1v) is 6.54. The average molecular weight is 286 g/mol. The lowest BCUT2D eigenvalue weighted by atomic mass is 10.3. The fraction of sp³-hybridized carbons (Fsp3) is 0.467. The van der Waals surface area contributed by atoms with E-state index in [0.29, 0.717) is 6.61 Å². The minimum Gasteiger partial charge on any atom is -0.490 e. The molecule has 0 fully saturated rings. The van der Waals surface area contributed by atoms with Gasteiger partial charge in [-0.3, -0.25) is 0 Å². The predicted molar refractivity (Wildman–Crippen MR) is 82.7 cm³/mol. The van der Waals surface area contributed by atoms with Crippen LogP contribution in [-0.2, 0) is 0 Å². The fourth-order valence-corrected chi connectivity index (χ4v) is 1.45. The molecule has 0 aliphatic carbocycles. The van der Waals surface area contributed by atoms with E-state index in [0.717, 1.165) is 44.0 Å². The molecule has 0 atom stereocenters. The van der Waals surface area contributed by atoms with Gasteiger partial charge in [0.15, 0.2) is 11.5 Å². The third-order valence-corrected chi connectivity index (χ3v) is 2.43. The SMILES string of the molecule is C=CCNCCOc1ccccc1OCCCC.Cl. The molecule has 0 saturated heterocycles. The number of rotatable bonds is 10. The van der Waals surface area contributed by atoms with Crippen molar-refractivity contribution in [2.45, 2.75) is 19.8 Å². The van der Waals surface area contributed by atoms with Crippen LogP contribution in [0.5, 0.6) is 11.5 Å². The molecule has 1 aromatic carbocycles. The Morgan fingerprint density at radius 2 is 1.79 bits per heavy atom. The van der Waals surface area contributed by atoms with Crippen molar-refractivity contribution in [1.29, 1.82) is 0 Å². The van der Waals surface area contributed by atoms with Gasteiger partial charge in [-0.2, -0.15) is 0 Å². The molecule has 1 aromatic rings. The van der Waals surface area contributed by atoms with Crippen molar-refractivity contribution in [1.82, 2.24) is 5.32 Å². The quantitative estimate of drug-likeness (QED) is 0.528. The van der Waals surface area contributed by atoms with Gasteiger partial charge in [0.2, 0.25) is 0 Å². The molecule has 108 valence electrons. The summed E-state index contributed by atoms with van der Waals surface area (Å²) in [6.07, 6.45) is 4.03. The Bertz CT molecular complexity index is 345. The highest BCUT2D eigenvalue weighted by Gasteiger charge is 2.03. The van der Waals surface area contributed by atoms with E-state index in [1.54, 1.807) is 0 Å². The summed E-state index contributed by atoms with van der Waals surface area (Å²) < 4.78 is 11.4. The smallest absolute Gasteiger partial charge is 0.161 e. The molecule has 19 heavy (non-hydrogen) atoms. The van der Waals surface area contributed by atoms with Gasteiger partial charge >= 0.3 is 0 Å². The van der Waals surface area contributed by atoms with Gasteiger partial charge in [-0.25, -0.2) is 0 Å². The molecule has 0 spiro atoms. The summed E-state index contributed by atoms with van der Waals surface area (Å²) in [6.45, 7) is 8.77. The average Bonchev–Trinajstić information content (AvgIpc) is 2.40. The van der Waals surface area contributed by atoms with Gasteiger partial charge in [-0.05, 0) is 18.6 Å². The topological polar surface area (TPSA) is 30.5 Å². The van der Waals surface area contributed by atoms with Crippen LogP contribution in [0.3, 0.4) is 0 Å². The zero-order valence-corrected chi connectivity index (χ0v) is 12.4. The van der Waals surface area contributed by atoms with Gasteiger partial charge in [0, 0.05) is 13.1 Å². The Hall–Kier alpha value is -1.19. The minimum absolute atomic E-state index is 0. The zero-order chi connectivity index (χ0) is 13.1. The molecule has 0 saturated carbocycles. The third kappa shape index (κ3) is 7.75. The van der Waals surface area contributed by atoms with Crippen LogP contribution < -0.4 is 14.8 Å². The van der Waals surface area contributed by atoms with Crippen molar-refractivity contribution in [3.63, 3.8) is 0 Å². The molecule has 0 aromatic heterocycles. The first-order valence-electron chi connectivity index (χ1n) is 6.54. The molecule has 0 radical (unpaired) electrons. The van der Waals surface area contributed by atoms with Crippen LogP contribution in [0.2, 0.25) is 0 Å². The van der Waals surface area contributed by atoms with Gasteiger partial charge in [0.1, 0.15) is 6.61 Å². The van der Waals surface area contributed by atoms with Crippen molar-refractivity contribution in [3.05, 3.63) is 36.9 Å². The summed E-state index contributed by atoms with van der Waals surface area (Å²) in [5, 5.41) is 3.19. The largest absolute Gasteiger partial charge is 0.490 e. The Balaban J connectivity index is 0.00000324. The normalized spacial score (nSPS) is 9.53. The monoisotopic (exact) mass is 285 g/mol. The molecule has 0 aliphatic rings. The Labute approximate surface area is 122 Å². The van der Waals surface area contributed by atoms with Gasteiger partial charge < -0.3 is 14.8 Å². The van der Waals surface area contributed by atoms with Crippen molar-refractivity contribution >= 4 is 12.4 Å². The molecule has 3 nitrogen and oxygen atoms in total. The molecule has 1 rings (SSSR count). The summed E-state index contributed by atoms with van der Waals surface area (Å²) in [7, 11) is 0. The van der Waals surface area contributed by atoms with Gasteiger partial charge in [0.25, 0.3) is 0 Å². The Kier molecular flexibility index (Phi) is 11.1. The summed E-state index contributed by atoms with van der Waals surface area (Å²) in [6, 6.07) is 7.81. The van der Waals surface area contributed by atoms with E-state index in [1.165, 1.54) is 0 Å². The maximum atomic E-state index is 5.69. The second-order valence-electron chi connectivity index (χ2n) is 3.99. The summed E-state index contributed by atoms with van der Waals surface area (Å²) in [5.74, 6) is 1.64. The molecule has 0 unspecified atom stereocenters. The van der Waals surface area contributed by atoms with Gasteiger partial charge in [0.05, 0.1) is 6.61 Å². The second-order valence-corrected chi connectivity index (χ2v) is 3.99. The van der Waals surface area contributed by atoms with E-state index < -0.39 is 0 Å². The second kappa shape index (κ2) is 11.9. The Morgan fingerprint density at radius 3 is 2.37 bits per heavy atom. The molecule has 0 heterocycles. The first-order chi connectivity index (χ1) is 8.88. The van der Waals surface area contributed by atoms with Crippen molar-refractivity contribution < 1.29 is 9.47 Å². The lowest BCUT2D eigenvalue weighted by Crippen LogP contribution is -2.21.